The number of carbonyl (C=O) groups excluding carboxylic acids is 2. The highest BCUT2D eigenvalue weighted by Gasteiger charge is 2.30. The summed E-state index contributed by atoms with van der Waals surface area (Å²) in [6.07, 6.45) is 7.67. The Labute approximate surface area is 158 Å². The summed E-state index contributed by atoms with van der Waals surface area (Å²) in [4.78, 5) is 27.6. The molecule has 1 aromatic carbocycles. The van der Waals surface area contributed by atoms with Crippen molar-refractivity contribution in [2.45, 2.75) is 90.8 Å². The number of rotatable bonds is 8. The SMILES string of the molecule is CCCC(=O)N(Cc1ccccc1C)[C@@H](CC)C(=O)NC1CCCCC1. The third-order valence-corrected chi connectivity index (χ3v) is 5.40. The second kappa shape index (κ2) is 10.3. The molecule has 0 heterocycles. The highest BCUT2D eigenvalue weighted by atomic mass is 16.2. The Kier molecular flexibility index (Phi) is 8.14. The van der Waals surface area contributed by atoms with Crippen LogP contribution >= 0.6 is 0 Å². The fraction of sp³-hybridized carbons (Fsp3) is 0.636. The second-order valence-corrected chi connectivity index (χ2v) is 7.47. The summed E-state index contributed by atoms with van der Waals surface area (Å²) in [5.74, 6) is 0.0823. The van der Waals surface area contributed by atoms with Crippen molar-refractivity contribution >= 4 is 11.8 Å². The minimum absolute atomic E-state index is 0.0115. The molecule has 4 heteroatoms. The number of nitrogens with zero attached hydrogens (tertiary/aromatic N) is 1. The van der Waals surface area contributed by atoms with Crippen LogP contribution in [0, 0.1) is 6.92 Å². The van der Waals surface area contributed by atoms with E-state index >= 15 is 0 Å². The molecule has 1 aliphatic carbocycles. The highest BCUT2D eigenvalue weighted by molar-refractivity contribution is 5.87. The molecule has 1 atom stereocenters. The molecule has 2 amide bonds. The number of benzene rings is 1. The molecule has 2 rings (SSSR count). The zero-order chi connectivity index (χ0) is 18.9. The van der Waals surface area contributed by atoms with Crippen LogP contribution in [0.1, 0.15) is 76.3 Å². The van der Waals surface area contributed by atoms with Crippen LogP contribution in [0.15, 0.2) is 24.3 Å². The fourth-order valence-corrected chi connectivity index (χ4v) is 3.79. The van der Waals surface area contributed by atoms with Gasteiger partial charge in [0.15, 0.2) is 0 Å². The van der Waals surface area contributed by atoms with Crippen molar-refractivity contribution in [3.8, 4) is 0 Å². The molecule has 0 aromatic heterocycles. The summed E-state index contributed by atoms with van der Waals surface area (Å²) in [6.45, 7) is 6.56. The van der Waals surface area contributed by atoms with Crippen molar-refractivity contribution in [3.63, 3.8) is 0 Å². The Morgan fingerprint density at radius 1 is 1.15 bits per heavy atom. The van der Waals surface area contributed by atoms with Crippen molar-refractivity contribution in [3.05, 3.63) is 35.4 Å². The lowest BCUT2D eigenvalue weighted by Crippen LogP contribution is -2.51. The Morgan fingerprint density at radius 2 is 1.85 bits per heavy atom. The molecule has 1 N–H and O–H groups in total. The number of aryl methyl sites for hydroxylation is 1. The van der Waals surface area contributed by atoms with Gasteiger partial charge in [-0.15, -0.1) is 0 Å². The lowest BCUT2D eigenvalue weighted by Gasteiger charge is -2.33. The van der Waals surface area contributed by atoms with Crippen molar-refractivity contribution < 1.29 is 9.59 Å². The van der Waals surface area contributed by atoms with Gasteiger partial charge in [0.25, 0.3) is 0 Å². The molecule has 4 nitrogen and oxygen atoms in total. The molecule has 0 radical (unpaired) electrons. The van der Waals surface area contributed by atoms with Crippen LogP contribution < -0.4 is 5.32 Å². The molecule has 0 unspecified atom stereocenters. The van der Waals surface area contributed by atoms with Crippen molar-refractivity contribution in [2.24, 2.45) is 0 Å². The maximum Gasteiger partial charge on any atom is 0.243 e. The number of hydrogen-bond donors (Lipinski definition) is 1. The standard InChI is InChI=1S/C22H34N2O2/c1-4-11-21(25)24(16-18-13-10-9-12-17(18)3)20(5-2)22(26)23-19-14-7-6-8-15-19/h9-10,12-13,19-20H,4-8,11,14-16H2,1-3H3,(H,23,26)/t20-/m0/s1. The van der Waals surface area contributed by atoms with E-state index in [-0.39, 0.29) is 17.9 Å². The van der Waals surface area contributed by atoms with E-state index in [1.807, 2.05) is 32.0 Å². The van der Waals surface area contributed by atoms with E-state index in [1.165, 1.54) is 19.3 Å². The van der Waals surface area contributed by atoms with Crippen LogP contribution in [0.25, 0.3) is 0 Å². The summed E-state index contributed by atoms with van der Waals surface area (Å²) < 4.78 is 0. The van der Waals surface area contributed by atoms with Gasteiger partial charge < -0.3 is 10.2 Å². The molecule has 1 aromatic rings. The molecule has 0 bridgehead atoms. The number of hydrogen-bond acceptors (Lipinski definition) is 2. The lowest BCUT2D eigenvalue weighted by atomic mass is 9.95. The average molecular weight is 359 g/mol. The second-order valence-electron chi connectivity index (χ2n) is 7.47. The summed E-state index contributed by atoms with van der Waals surface area (Å²) in [5, 5.41) is 3.21. The number of nitrogens with one attached hydrogen (secondary N) is 1. The predicted octanol–water partition coefficient (Wildman–Crippen LogP) is 4.35. The van der Waals surface area contributed by atoms with E-state index in [9.17, 15) is 9.59 Å². The van der Waals surface area contributed by atoms with E-state index in [2.05, 4.69) is 18.3 Å². The highest BCUT2D eigenvalue weighted by Crippen LogP contribution is 2.20. The number of amides is 2. The monoisotopic (exact) mass is 358 g/mol. The fourth-order valence-electron chi connectivity index (χ4n) is 3.79. The molecule has 1 fully saturated rings. The van der Waals surface area contributed by atoms with Crippen LogP contribution in [-0.4, -0.2) is 28.8 Å². The third-order valence-electron chi connectivity index (χ3n) is 5.40. The quantitative estimate of drug-likeness (QED) is 0.751. The smallest absolute Gasteiger partial charge is 0.243 e. The van der Waals surface area contributed by atoms with E-state index in [0.717, 1.165) is 30.4 Å². The van der Waals surface area contributed by atoms with Gasteiger partial charge >= 0.3 is 0 Å². The van der Waals surface area contributed by atoms with Crippen LogP contribution in [0.3, 0.4) is 0 Å². The molecule has 1 saturated carbocycles. The van der Waals surface area contributed by atoms with Gasteiger partial charge in [-0.1, -0.05) is 57.4 Å². The molecule has 144 valence electrons. The molecule has 0 spiro atoms. The largest absolute Gasteiger partial charge is 0.352 e. The minimum atomic E-state index is -0.393. The van der Waals surface area contributed by atoms with E-state index < -0.39 is 6.04 Å². The molecule has 0 saturated heterocycles. The van der Waals surface area contributed by atoms with Crippen molar-refractivity contribution in [1.29, 1.82) is 0 Å². The first-order valence-electron chi connectivity index (χ1n) is 10.2. The van der Waals surface area contributed by atoms with Crippen LogP contribution in [0.5, 0.6) is 0 Å². The zero-order valence-electron chi connectivity index (χ0n) is 16.6. The van der Waals surface area contributed by atoms with Crippen molar-refractivity contribution in [1.82, 2.24) is 10.2 Å². The summed E-state index contributed by atoms with van der Waals surface area (Å²) in [6, 6.07) is 7.98. The minimum Gasteiger partial charge on any atom is -0.352 e. The lowest BCUT2D eigenvalue weighted by molar-refractivity contribution is -0.141. The van der Waals surface area contributed by atoms with E-state index in [4.69, 9.17) is 0 Å². The predicted molar refractivity (Wildman–Crippen MR) is 106 cm³/mol. The van der Waals surface area contributed by atoms with Gasteiger partial charge in [-0.2, -0.15) is 0 Å². The van der Waals surface area contributed by atoms with Gasteiger partial charge in [-0.05, 0) is 43.7 Å². The Hall–Kier alpha value is -1.84. The Balaban J connectivity index is 2.15. The maximum absolute atomic E-state index is 13.0. The first kappa shape index (κ1) is 20.5. The molecule has 0 aliphatic heterocycles. The summed E-state index contributed by atoms with van der Waals surface area (Å²) in [5.41, 5.74) is 2.27. The summed E-state index contributed by atoms with van der Waals surface area (Å²) >= 11 is 0. The zero-order valence-corrected chi connectivity index (χ0v) is 16.6. The number of carbonyl (C=O) groups is 2. The molecule has 1 aliphatic rings. The van der Waals surface area contributed by atoms with Gasteiger partial charge in [0.1, 0.15) is 6.04 Å². The van der Waals surface area contributed by atoms with Gasteiger partial charge in [-0.3, -0.25) is 9.59 Å². The van der Waals surface area contributed by atoms with Crippen molar-refractivity contribution in [2.75, 3.05) is 0 Å². The molecule has 26 heavy (non-hydrogen) atoms. The van der Waals surface area contributed by atoms with Gasteiger partial charge in [0.05, 0.1) is 0 Å². The van der Waals surface area contributed by atoms with Gasteiger partial charge in [0.2, 0.25) is 11.8 Å². The topological polar surface area (TPSA) is 49.4 Å². The Morgan fingerprint density at radius 3 is 2.46 bits per heavy atom. The van der Waals surface area contributed by atoms with Gasteiger partial charge in [-0.25, -0.2) is 0 Å². The third kappa shape index (κ3) is 5.58. The van der Waals surface area contributed by atoms with Crippen LogP contribution in [0.4, 0.5) is 0 Å². The first-order chi connectivity index (χ1) is 12.6. The summed E-state index contributed by atoms with van der Waals surface area (Å²) in [7, 11) is 0. The maximum atomic E-state index is 13.0. The van der Waals surface area contributed by atoms with Gasteiger partial charge in [0, 0.05) is 19.0 Å². The first-order valence-corrected chi connectivity index (χ1v) is 10.2. The van der Waals surface area contributed by atoms with E-state index in [1.54, 1.807) is 4.90 Å². The Bertz CT molecular complexity index is 594. The normalized spacial score (nSPS) is 16.1. The van der Waals surface area contributed by atoms with Crippen LogP contribution in [0.2, 0.25) is 0 Å². The molecular weight excluding hydrogens is 324 g/mol. The van der Waals surface area contributed by atoms with Crippen LogP contribution in [-0.2, 0) is 16.1 Å². The average Bonchev–Trinajstić information content (AvgIpc) is 2.64. The van der Waals surface area contributed by atoms with E-state index in [0.29, 0.717) is 19.4 Å². The molecular formula is C22H34N2O2.